The number of rotatable bonds is 4. The van der Waals surface area contributed by atoms with Crippen molar-refractivity contribution in [3.05, 3.63) is 52.5 Å². The van der Waals surface area contributed by atoms with Gasteiger partial charge in [-0.1, -0.05) is 63.8 Å². The van der Waals surface area contributed by atoms with E-state index in [0.717, 1.165) is 18.5 Å². The number of carbonyl (C=O) groups excluding carboxylic acids is 1. The Morgan fingerprint density at radius 2 is 1.68 bits per heavy atom. The summed E-state index contributed by atoms with van der Waals surface area (Å²) in [5, 5.41) is 6.88. The number of halogens is 1. The lowest BCUT2D eigenvalue weighted by Crippen LogP contribution is -2.23. The summed E-state index contributed by atoms with van der Waals surface area (Å²) in [6.07, 6.45) is 6.05. The first kappa shape index (κ1) is 20.5. The first-order valence-corrected chi connectivity index (χ1v) is 10.4. The molecule has 0 atom stereocenters. The van der Waals surface area contributed by atoms with Crippen molar-refractivity contribution in [1.29, 1.82) is 0 Å². The highest BCUT2D eigenvalue weighted by molar-refractivity contribution is 6.34. The molecule has 4 nitrogen and oxygen atoms in total. The van der Waals surface area contributed by atoms with Gasteiger partial charge in [0.25, 0.3) is 5.91 Å². The third-order valence-corrected chi connectivity index (χ3v) is 5.68. The second-order valence-corrected chi connectivity index (χ2v) is 9.09. The van der Waals surface area contributed by atoms with Crippen LogP contribution in [0.3, 0.4) is 0 Å². The van der Waals surface area contributed by atoms with Crippen molar-refractivity contribution in [3.63, 3.8) is 0 Å². The van der Waals surface area contributed by atoms with Crippen molar-refractivity contribution in [2.45, 2.75) is 64.3 Å². The summed E-state index contributed by atoms with van der Waals surface area (Å²) in [5.74, 6) is -0.184. The average Bonchev–Trinajstić information content (AvgIpc) is 2.66. The number of amides is 1. The molecule has 2 aromatic rings. The van der Waals surface area contributed by atoms with Gasteiger partial charge in [0.2, 0.25) is 0 Å². The number of anilines is 3. The second-order valence-electron chi connectivity index (χ2n) is 8.68. The van der Waals surface area contributed by atoms with Gasteiger partial charge in [-0.15, -0.1) is 0 Å². The van der Waals surface area contributed by atoms with Crippen molar-refractivity contribution >= 4 is 34.6 Å². The number of nitrogens with one attached hydrogen (secondary N) is 2. The Morgan fingerprint density at radius 3 is 2.29 bits per heavy atom. The Bertz CT molecular complexity index is 834. The SMILES string of the molecule is CC(C)(C)c1ccc(C(=O)Nc2cc(NC3CCCCC3)c(N)cc2Cl)cc1. The number of hydrogen-bond acceptors (Lipinski definition) is 3. The zero-order valence-electron chi connectivity index (χ0n) is 16.9. The van der Waals surface area contributed by atoms with Crippen LogP contribution in [0, 0.1) is 0 Å². The van der Waals surface area contributed by atoms with Crippen molar-refractivity contribution in [1.82, 2.24) is 0 Å². The molecule has 1 aliphatic carbocycles. The minimum absolute atomic E-state index is 0.0506. The van der Waals surface area contributed by atoms with Crippen LogP contribution in [0.2, 0.25) is 5.02 Å². The molecule has 0 aliphatic heterocycles. The van der Waals surface area contributed by atoms with Crippen LogP contribution in [0.5, 0.6) is 0 Å². The second kappa shape index (κ2) is 8.44. The minimum atomic E-state index is -0.184. The molecular weight excluding hydrogens is 370 g/mol. The summed E-state index contributed by atoms with van der Waals surface area (Å²) in [6, 6.07) is 11.7. The van der Waals surface area contributed by atoms with E-state index < -0.39 is 0 Å². The van der Waals surface area contributed by atoms with E-state index in [0.29, 0.717) is 28.0 Å². The number of benzene rings is 2. The van der Waals surface area contributed by atoms with E-state index in [1.54, 1.807) is 6.07 Å². The first-order chi connectivity index (χ1) is 13.2. The largest absolute Gasteiger partial charge is 0.397 e. The molecule has 0 bridgehead atoms. The van der Waals surface area contributed by atoms with Crippen molar-refractivity contribution in [3.8, 4) is 0 Å². The van der Waals surface area contributed by atoms with E-state index in [4.69, 9.17) is 17.3 Å². The van der Waals surface area contributed by atoms with Crippen LogP contribution >= 0.6 is 11.6 Å². The van der Waals surface area contributed by atoms with Crippen molar-refractivity contribution in [2.24, 2.45) is 0 Å². The maximum Gasteiger partial charge on any atom is 0.255 e. The van der Waals surface area contributed by atoms with Crippen LogP contribution in [0.1, 0.15) is 68.8 Å². The number of carbonyl (C=O) groups is 1. The molecule has 0 radical (unpaired) electrons. The van der Waals surface area contributed by atoms with E-state index in [9.17, 15) is 4.79 Å². The molecule has 1 fully saturated rings. The van der Waals surface area contributed by atoms with E-state index in [-0.39, 0.29) is 11.3 Å². The molecule has 150 valence electrons. The predicted octanol–water partition coefficient (Wildman–Crippen LogP) is 6.22. The number of nitrogen functional groups attached to an aromatic ring is 1. The quantitative estimate of drug-likeness (QED) is 0.535. The van der Waals surface area contributed by atoms with Crippen LogP contribution in [0.25, 0.3) is 0 Å². The van der Waals surface area contributed by atoms with Crippen LogP contribution in [-0.2, 0) is 5.41 Å². The Morgan fingerprint density at radius 1 is 1.04 bits per heavy atom. The van der Waals surface area contributed by atoms with E-state index in [2.05, 4.69) is 31.4 Å². The van der Waals surface area contributed by atoms with Crippen molar-refractivity contribution in [2.75, 3.05) is 16.4 Å². The molecule has 4 N–H and O–H groups in total. The standard InChI is InChI=1S/C23H30ClN3O/c1-23(2,3)16-11-9-15(10-12-16)22(28)27-20-14-21(19(25)13-18(20)24)26-17-7-5-4-6-8-17/h9-14,17,26H,4-8,25H2,1-3H3,(H,27,28). The molecule has 5 heteroatoms. The maximum absolute atomic E-state index is 12.7. The van der Waals surface area contributed by atoms with Gasteiger partial charge >= 0.3 is 0 Å². The van der Waals surface area contributed by atoms with Gasteiger partial charge in [0.1, 0.15) is 0 Å². The molecule has 1 aliphatic rings. The van der Waals surface area contributed by atoms with Gasteiger partial charge < -0.3 is 16.4 Å². The molecule has 0 unspecified atom stereocenters. The molecule has 0 saturated heterocycles. The van der Waals surface area contributed by atoms with Gasteiger partial charge in [-0.2, -0.15) is 0 Å². The highest BCUT2D eigenvalue weighted by Crippen LogP contribution is 2.33. The van der Waals surface area contributed by atoms with E-state index in [1.165, 1.54) is 24.8 Å². The lowest BCUT2D eigenvalue weighted by Gasteiger charge is -2.25. The molecule has 28 heavy (non-hydrogen) atoms. The van der Waals surface area contributed by atoms with Crippen molar-refractivity contribution < 1.29 is 4.79 Å². The van der Waals surface area contributed by atoms with Gasteiger partial charge in [0.05, 0.1) is 22.1 Å². The summed E-state index contributed by atoms with van der Waals surface area (Å²) in [7, 11) is 0. The molecule has 3 rings (SSSR count). The van der Waals surface area contributed by atoms with Gasteiger partial charge in [-0.05, 0) is 48.1 Å². The van der Waals surface area contributed by atoms with Crippen LogP contribution in [0.4, 0.5) is 17.1 Å². The monoisotopic (exact) mass is 399 g/mol. The van der Waals surface area contributed by atoms with Gasteiger partial charge in [-0.25, -0.2) is 0 Å². The third-order valence-electron chi connectivity index (χ3n) is 5.37. The average molecular weight is 400 g/mol. The predicted molar refractivity (Wildman–Crippen MR) is 119 cm³/mol. The van der Waals surface area contributed by atoms with Gasteiger partial charge in [0.15, 0.2) is 0 Å². The Balaban J connectivity index is 1.75. The van der Waals surface area contributed by atoms with Gasteiger partial charge in [-0.3, -0.25) is 4.79 Å². The molecular formula is C23H30ClN3O. The number of hydrogen-bond donors (Lipinski definition) is 3. The smallest absolute Gasteiger partial charge is 0.255 e. The first-order valence-electron chi connectivity index (χ1n) is 10.0. The van der Waals surface area contributed by atoms with Crippen LogP contribution < -0.4 is 16.4 Å². The Hall–Kier alpha value is -2.20. The summed E-state index contributed by atoms with van der Waals surface area (Å²) in [6.45, 7) is 6.45. The highest BCUT2D eigenvalue weighted by atomic mass is 35.5. The molecule has 2 aromatic carbocycles. The normalized spacial score (nSPS) is 15.3. The van der Waals surface area contributed by atoms with E-state index in [1.807, 2.05) is 30.3 Å². The van der Waals surface area contributed by atoms with Gasteiger partial charge in [0, 0.05) is 11.6 Å². The molecule has 0 spiro atoms. The lowest BCUT2D eigenvalue weighted by molar-refractivity contribution is 0.102. The Labute approximate surface area is 172 Å². The fourth-order valence-electron chi connectivity index (χ4n) is 3.59. The zero-order chi connectivity index (χ0) is 20.3. The molecule has 0 aromatic heterocycles. The Kier molecular flexibility index (Phi) is 6.19. The maximum atomic E-state index is 12.7. The fourth-order valence-corrected chi connectivity index (χ4v) is 3.81. The minimum Gasteiger partial charge on any atom is -0.397 e. The molecule has 1 saturated carbocycles. The fraction of sp³-hybridized carbons (Fsp3) is 0.435. The topological polar surface area (TPSA) is 67.2 Å². The summed E-state index contributed by atoms with van der Waals surface area (Å²) >= 11 is 6.34. The highest BCUT2D eigenvalue weighted by Gasteiger charge is 2.17. The third kappa shape index (κ3) is 4.99. The molecule has 0 heterocycles. The van der Waals surface area contributed by atoms with Crippen LogP contribution in [0.15, 0.2) is 36.4 Å². The van der Waals surface area contributed by atoms with E-state index >= 15 is 0 Å². The lowest BCUT2D eigenvalue weighted by atomic mass is 9.87. The summed E-state index contributed by atoms with van der Waals surface area (Å²) in [4.78, 5) is 12.7. The summed E-state index contributed by atoms with van der Waals surface area (Å²) in [5.41, 5.74) is 9.98. The summed E-state index contributed by atoms with van der Waals surface area (Å²) < 4.78 is 0. The zero-order valence-corrected chi connectivity index (χ0v) is 17.7. The van der Waals surface area contributed by atoms with Crippen LogP contribution in [-0.4, -0.2) is 11.9 Å². The molecule has 1 amide bonds. The number of nitrogens with two attached hydrogens (primary N) is 1.